The topological polar surface area (TPSA) is 58.6 Å². The van der Waals surface area contributed by atoms with E-state index >= 15 is 0 Å². The molecule has 1 rings (SSSR count). The third kappa shape index (κ3) is 5.41. The second-order valence-corrected chi connectivity index (χ2v) is 5.86. The molecule has 1 aromatic rings. The van der Waals surface area contributed by atoms with Crippen molar-refractivity contribution in [3.05, 3.63) is 35.6 Å². The molecule has 0 aliphatic heterocycles. The first-order valence-electron chi connectivity index (χ1n) is 6.56. The average molecular weight is 296 g/mol. The van der Waals surface area contributed by atoms with E-state index in [-0.39, 0.29) is 5.91 Å². The molecular formula is C15H21FN2O3. The van der Waals surface area contributed by atoms with E-state index in [1.165, 1.54) is 29.2 Å². The minimum atomic E-state index is -0.921. The lowest BCUT2D eigenvalue weighted by Gasteiger charge is -2.25. The van der Waals surface area contributed by atoms with Crippen molar-refractivity contribution in [2.24, 2.45) is 0 Å². The number of carbonyl (C=O) groups is 2. The maximum atomic E-state index is 13.0. The van der Waals surface area contributed by atoms with Gasteiger partial charge in [0, 0.05) is 14.1 Å². The van der Waals surface area contributed by atoms with E-state index in [1.54, 1.807) is 34.9 Å². The molecule has 1 atom stereocenters. The van der Waals surface area contributed by atoms with Crippen LogP contribution in [0.4, 0.5) is 9.18 Å². The number of ether oxygens (including phenoxy) is 1. The Balaban J connectivity index is 2.96. The summed E-state index contributed by atoms with van der Waals surface area (Å²) in [6, 6.07) is 4.47. The van der Waals surface area contributed by atoms with Gasteiger partial charge in [-0.05, 0) is 38.5 Å². The average Bonchev–Trinajstić information content (AvgIpc) is 2.34. The van der Waals surface area contributed by atoms with Gasteiger partial charge < -0.3 is 15.0 Å². The number of nitrogens with one attached hydrogen (secondary N) is 1. The zero-order valence-electron chi connectivity index (χ0n) is 12.9. The van der Waals surface area contributed by atoms with Crippen LogP contribution in [-0.4, -0.2) is 36.6 Å². The monoisotopic (exact) mass is 296 g/mol. The quantitative estimate of drug-likeness (QED) is 0.932. The van der Waals surface area contributed by atoms with Crippen LogP contribution in [0, 0.1) is 5.82 Å². The fourth-order valence-corrected chi connectivity index (χ4v) is 1.63. The van der Waals surface area contributed by atoms with Crippen molar-refractivity contribution >= 4 is 12.0 Å². The summed E-state index contributed by atoms with van der Waals surface area (Å²) in [6.45, 7) is 5.19. The smallest absolute Gasteiger partial charge is 0.408 e. The van der Waals surface area contributed by atoms with Crippen LogP contribution in [0.2, 0.25) is 0 Å². The molecule has 5 nitrogen and oxygen atoms in total. The second-order valence-electron chi connectivity index (χ2n) is 5.86. The van der Waals surface area contributed by atoms with Crippen molar-refractivity contribution in [2.45, 2.75) is 32.4 Å². The molecule has 116 valence electrons. The maximum Gasteiger partial charge on any atom is 0.408 e. The van der Waals surface area contributed by atoms with Gasteiger partial charge in [-0.25, -0.2) is 9.18 Å². The van der Waals surface area contributed by atoms with E-state index in [1.807, 2.05) is 0 Å². The summed E-state index contributed by atoms with van der Waals surface area (Å²) < 4.78 is 18.1. The maximum absolute atomic E-state index is 13.0. The number of amides is 2. The highest BCUT2D eigenvalue weighted by Gasteiger charge is 2.26. The van der Waals surface area contributed by atoms with Gasteiger partial charge in [0.2, 0.25) is 5.91 Å². The summed E-state index contributed by atoms with van der Waals surface area (Å²) in [5, 5.41) is 2.52. The van der Waals surface area contributed by atoms with Gasteiger partial charge in [0.05, 0.1) is 0 Å². The predicted molar refractivity (Wildman–Crippen MR) is 77.2 cm³/mol. The van der Waals surface area contributed by atoms with E-state index in [4.69, 9.17) is 4.74 Å². The van der Waals surface area contributed by atoms with Crippen LogP contribution in [0.5, 0.6) is 0 Å². The summed E-state index contributed by atoms with van der Waals surface area (Å²) in [5.41, 5.74) is -0.181. The Hall–Kier alpha value is -2.11. The summed E-state index contributed by atoms with van der Waals surface area (Å²) in [6.07, 6.45) is -0.702. The Morgan fingerprint density at radius 3 is 2.14 bits per heavy atom. The first-order chi connectivity index (χ1) is 9.60. The molecule has 0 saturated heterocycles. The van der Waals surface area contributed by atoms with Gasteiger partial charge in [0.15, 0.2) is 0 Å². The van der Waals surface area contributed by atoms with E-state index < -0.39 is 23.6 Å². The number of carbonyl (C=O) groups excluding carboxylic acids is 2. The number of halogens is 1. The minimum Gasteiger partial charge on any atom is -0.444 e. The second kappa shape index (κ2) is 6.56. The van der Waals surface area contributed by atoms with Gasteiger partial charge >= 0.3 is 6.09 Å². The Morgan fingerprint density at radius 2 is 1.71 bits per heavy atom. The lowest BCUT2D eigenvalue weighted by Crippen LogP contribution is -2.42. The zero-order valence-corrected chi connectivity index (χ0v) is 12.9. The van der Waals surface area contributed by atoms with Crippen LogP contribution in [-0.2, 0) is 9.53 Å². The van der Waals surface area contributed by atoms with E-state index in [2.05, 4.69) is 5.32 Å². The van der Waals surface area contributed by atoms with Gasteiger partial charge in [-0.15, -0.1) is 0 Å². The van der Waals surface area contributed by atoms with E-state index in [0.717, 1.165) is 0 Å². The summed E-state index contributed by atoms with van der Waals surface area (Å²) in [5.74, 6) is -0.737. The molecule has 0 aromatic heterocycles. The lowest BCUT2D eigenvalue weighted by molar-refractivity contribution is -0.131. The fraction of sp³-hybridized carbons (Fsp3) is 0.467. The number of hydrogen-bond acceptors (Lipinski definition) is 3. The Labute approximate surface area is 124 Å². The number of benzene rings is 1. The van der Waals surface area contributed by atoms with Crippen molar-refractivity contribution in [2.75, 3.05) is 14.1 Å². The van der Waals surface area contributed by atoms with Crippen molar-refractivity contribution in [1.82, 2.24) is 10.2 Å². The lowest BCUT2D eigenvalue weighted by atomic mass is 10.1. The van der Waals surface area contributed by atoms with Crippen molar-refractivity contribution < 1.29 is 18.7 Å². The summed E-state index contributed by atoms with van der Waals surface area (Å²) in [4.78, 5) is 25.4. The molecule has 2 amide bonds. The van der Waals surface area contributed by atoms with Crippen molar-refractivity contribution in [3.63, 3.8) is 0 Å². The Bertz CT molecular complexity index is 507. The molecule has 6 heteroatoms. The first kappa shape index (κ1) is 16.9. The SMILES string of the molecule is CN(C)C(=O)C(NC(=O)OC(C)(C)C)c1ccc(F)cc1. The standard InChI is InChI=1S/C15H21FN2O3/c1-15(2,3)21-14(20)17-12(13(19)18(4)5)10-6-8-11(16)9-7-10/h6-9,12H,1-5H3,(H,17,20). The summed E-state index contributed by atoms with van der Waals surface area (Å²) in [7, 11) is 3.16. The molecule has 1 unspecified atom stereocenters. The fourth-order valence-electron chi connectivity index (χ4n) is 1.63. The highest BCUT2D eigenvalue weighted by Crippen LogP contribution is 2.17. The molecule has 1 N–H and O–H groups in total. The minimum absolute atomic E-state index is 0.326. The van der Waals surface area contributed by atoms with Crippen LogP contribution >= 0.6 is 0 Å². The highest BCUT2D eigenvalue weighted by molar-refractivity contribution is 5.86. The molecule has 0 fully saturated rings. The molecular weight excluding hydrogens is 275 g/mol. The molecule has 1 aromatic carbocycles. The number of nitrogens with zero attached hydrogens (tertiary/aromatic N) is 1. The van der Waals surface area contributed by atoms with E-state index in [9.17, 15) is 14.0 Å². The normalized spacial score (nSPS) is 12.5. The predicted octanol–water partition coefficient (Wildman–Crippen LogP) is 2.48. The number of alkyl carbamates (subject to hydrolysis) is 1. The molecule has 0 aliphatic rings. The van der Waals surface area contributed by atoms with Crippen LogP contribution in [0.3, 0.4) is 0 Å². The van der Waals surface area contributed by atoms with Gasteiger partial charge in [0.25, 0.3) is 0 Å². The van der Waals surface area contributed by atoms with Gasteiger partial charge in [0.1, 0.15) is 17.5 Å². The van der Waals surface area contributed by atoms with Crippen LogP contribution in [0.25, 0.3) is 0 Å². The molecule has 21 heavy (non-hydrogen) atoms. The van der Waals surface area contributed by atoms with Gasteiger partial charge in [-0.3, -0.25) is 4.79 Å². The first-order valence-corrected chi connectivity index (χ1v) is 6.56. The number of rotatable bonds is 3. The van der Waals surface area contributed by atoms with Crippen LogP contribution in [0.15, 0.2) is 24.3 Å². The molecule has 0 aliphatic carbocycles. The molecule has 0 spiro atoms. The molecule has 0 heterocycles. The van der Waals surface area contributed by atoms with Crippen LogP contribution < -0.4 is 5.32 Å². The molecule has 0 radical (unpaired) electrons. The third-order valence-corrected chi connectivity index (χ3v) is 2.55. The zero-order chi connectivity index (χ0) is 16.2. The number of hydrogen-bond donors (Lipinski definition) is 1. The Kier molecular flexibility index (Phi) is 5.29. The van der Waals surface area contributed by atoms with Crippen LogP contribution in [0.1, 0.15) is 32.4 Å². The Morgan fingerprint density at radius 1 is 1.19 bits per heavy atom. The summed E-state index contributed by atoms with van der Waals surface area (Å²) >= 11 is 0. The van der Waals surface area contributed by atoms with Gasteiger partial charge in [-0.1, -0.05) is 12.1 Å². The number of likely N-dealkylation sites (N-methyl/N-ethyl adjacent to an activating group) is 1. The van der Waals surface area contributed by atoms with E-state index in [0.29, 0.717) is 5.56 Å². The highest BCUT2D eigenvalue weighted by atomic mass is 19.1. The van der Waals surface area contributed by atoms with Gasteiger partial charge in [-0.2, -0.15) is 0 Å². The molecule has 0 saturated carbocycles. The largest absolute Gasteiger partial charge is 0.444 e. The van der Waals surface area contributed by atoms with Crippen molar-refractivity contribution in [1.29, 1.82) is 0 Å². The molecule has 0 bridgehead atoms. The third-order valence-electron chi connectivity index (χ3n) is 2.55. The van der Waals surface area contributed by atoms with Crippen molar-refractivity contribution in [3.8, 4) is 0 Å².